The van der Waals surface area contributed by atoms with E-state index < -0.39 is 11.4 Å². The summed E-state index contributed by atoms with van der Waals surface area (Å²) in [6.07, 6.45) is 0.356. The fraction of sp³-hybridized carbons (Fsp3) is 0.467. The number of benzene rings is 2. The molecule has 1 N–H and O–H groups in total. The summed E-state index contributed by atoms with van der Waals surface area (Å²) in [5.74, 6) is -0.303. The molecule has 0 saturated carbocycles. The molecule has 0 spiro atoms. The quantitative estimate of drug-likeness (QED) is 0.311. The number of hydrogen-bond donors (Lipinski definition) is 1. The van der Waals surface area contributed by atoms with Gasteiger partial charge < -0.3 is 24.0 Å². The van der Waals surface area contributed by atoms with E-state index in [4.69, 9.17) is 21.1 Å². The van der Waals surface area contributed by atoms with E-state index in [9.17, 15) is 14.7 Å². The molecule has 1 fully saturated rings. The summed E-state index contributed by atoms with van der Waals surface area (Å²) in [6, 6.07) is 13.6. The van der Waals surface area contributed by atoms with Crippen molar-refractivity contribution in [3.8, 4) is 5.75 Å². The van der Waals surface area contributed by atoms with Crippen LogP contribution in [-0.4, -0.2) is 64.1 Å². The largest absolute Gasteiger partial charge is 0.484 e. The number of halogens is 1. The van der Waals surface area contributed by atoms with Crippen molar-refractivity contribution in [3.63, 3.8) is 0 Å². The first-order valence-electron chi connectivity index (χ1n) is 13.1. The summed E-state index contributed by atoms with van der Waals surface area (Å²) in [6.45, 7) is 12.7. The normalized spacial score (nSPS) is 14.6. The van der Waals surface area contributed by atoms with E-state index in [0.29, 0.717) is 50.0 Å². The van der Waals surface area contributed by atoms with Crippen LogP contribution in [0.3, 0.4) is 0 Å². The smallest absolute Gasteiger partial charge is 0.309 e. The Morgan fingerprint density at radius 2 is 1.72 bits per heavy atom. The predicted octanol–water partition coefficient (Wildman–Crippen LogP) is 6.12. The molecule has 0 aliphatic carbocycles. The third-order valence-corrected chi connectivity index (χ3v) is 8.19. The molecule has 3 aromatic rings. The van der Waals surface area contributed by atoms with Gasteiger partial charge in [0.15, 0.2) is 6.61 Å². The molecular weight excluding hydrogens is 536 g/mol. The lowest BCUT2D eigenvalue weighted by atomic mass is 9.88. The highest BCUT2D eigenvalue weighted by Gasteiger charge is 2.33. The van der Waals surface area contributed by atoms with Crippen molar-refractivity contribution in [2.24, 2.45) is 5.41 Å². The van der Waals surface area contributed by atoms with Crippen molar-refractivity contribution in [1.82, 2.24) is 9.47 Å². The standard InChI is InChI=1S/C30H37ClN2O5S/c1-29(2,3)39-27-23-16-22(38-19-26(34)32-12-14-37-15-13-32)10-11-24(23)33(18-20-6-8-21(31)9-7-20)25(27)17-30(4,5)28(35)36/h6-11,16H,12-15,17-19H2,1-5H3,(H,35,36). The van der Waals surface area contributed by atoms with E-state index in [1.807, 2.05) is 42.5 Å². The van der Waals surface area contributed by atoms with E-state index in [1.54, 1.807) is 30.5 Å². The minimum absolute atomic E-state index is 0.0440. The van der Waals surface area contributed by atoms with Crippen LogP contribution in [0.5, 0.6) is 5.75 Å². The molecule has 0 bridgehead atoms. The molecule has 9 heteroatoms. The Morgan fingerprint density at radius 1 is 1.05 bits per heavy atom. The Hall–Kier alpha value is -2.68. The van der Waals surface area contributed by atoms with Crippen LogP contribution >= 0.6 is 23.4 Å². The van der Waals surface area contributed by atoms with Gasteiger partial charge in [-0.2, -0.15) is 0 Å². The molecule has 1 aliphatic heterocycles. The number of aromatic nitrogens is 1. The SMILES string of the molecule is CC(C)(C)Sc1c(CC(C)(C)C(=O)O)n(Cc2ccc(Cl)cc2)c2ccc(OCC(=O)N3CCOCC3)cc12. The van der Waals surface area contributed by atoms with Crippen molar-refractivity contribution < 1.29 is 24.2 Å². The summed E-state index contributed by atoms with van der Waals surface area (Å²) in [4.78, 5) is 27.6. The summed E-state index contributed by atoms with van der Waals surface area (Å²) in [7, 11) is 0. The first kappa shape index (κ1) is 29.3. The maximum atomic E-state index is 12.7. The molecular formula is C30H37ClN2O5S. The topological polar surface area (TPSA) is 81.0 Å². The van der Waals surface area contributed by atoms with Crippen molar-refractivity contribution >= 4 is 46.1 Å². The minimum atomic E-state index is -0.969. The van der Waals surface area contributed by atoms with E-state index >= 15 is 0 Å². The number of morpholine rings is 1. The van der Waals surface area contributed by atoms with Gasteiger partial charge in [0.1, 0.15) is 5.75 Å². The van der Waals surface area contributed by atoms with E-state index in [1.165, 1.54) is 0 Å². The van der Waals surface area contributed by atoms with Gasteiger partial charge in [-0.1, -0.05) is 44.5 Å². The first-order chi connectivity index (χ1) is 18.3. The van der Waals surface area contributed by atoms with Gasteiger partial charge in [0.25, 0.3) is 5.91 Å². The molecule has 7 nitrogen and oxygen atoms in total. The number of carbonyl (C=O) groups excluding carboxylic acids is 1. The number of aliphatic carboxylic acids is 1. The number of nitrogens with zero attached hydrogens (tertiary/aromatic N) is 2. The van der Waals surface area contributed by atoms with Crippen LogP contribution in [0.4, 0.5) is 0 Å². The van der Waals surface area contributed by atoms with Gasteiger partial charge in [-0.3, -0.25) is 9.59 Å². The van der Waals surface area contributed by atoms with Crippen molar-refractivity contribution in [2.45, 2.75) is 57.2 Å². The molecule has 210 valence electrons. The Labute approximate surface area is 239 Å². The van der Waals surface area contributed by atoms with Crippen LogP contribution in [0.25, 0.3) is 10.9 Å². The number of hydrogen-bond acceptors (Lipinski definition) is 5. The highest BCUT2D eigenvalue weighted by Crippen LogP contribution is 2.44. The number of ether oxygens (including phenoxy) is 2. The molecule has 0 unspecified atom stereocenters. The average Bonchev–Trinajstić information content (AvgIpc) is 3.14. The van der Waals surface area contributed by atoms with Gasteiger partial charge in [-0.25, -0.2) is 0 Å². The molecule has 0 radical (unpaired) electrons. The lowest BCUT2D eigenvalue weighted by molar-refractivity contribution is -0.146. The van der Waals surface area contributed by atoms with Gasteiger partial charge in [0, 0.05) is 57.3 Å². The lowest BCUT2D eigenvalue weighted by Crippen LogP contribution is -2.42. The summed E-state index contributed by atoms with van der Waals surface area (Å²) in [5, 5.41) is 11.6. The predicted molar refractivity (Wildman–Crippen MR) is 156 cm³/mol. The van der Waals surface area contributed by atoms with E-state index in [-0.39, 0.29) is 17.3 Å². The Kier molecular flexibility index (Phi) is 8.88. The van der Waals surface area contributed by atoms with Crippen LogP contribution in [0.2, 0.25) is 5.02 Å². The number of rotatable bonds is 9. The maximum absolute atomic E-state index is 12.7. The second-order valence-electron chi connectivity index (χ2n) is 11.5. The number of carboxylic acids is 1. The minimum Gasteiger partial charge on any atom is -0.484 e. The van der Waals surface area contributed by atoms with Crippen molar-refractivity contribution in [2.75, 3.05) is 32.9 Å². The second kappa shape index (κ2) is 11.8. The summed E-state index contributed by atoms with van der Waals surface area (Å²) in [5.41, 5.74) is 2.05. The van der Waals surface area contributed by atoms with Crippen molar-refractivity contribution in [3.05, 3.63) is 58.7 Å². The van der Waals surface area contributed by atoms with Gasteiger partial charge >= 0.3 is 5.97 Å². The molecule has 1 aromatic heterocycles. The number of amides is 1. The molecule has 39 heavy (non-hydrogen) atoms. The zero-order valence-corrected chi connectivity index (χ0v) is 24.8. The average molecular weight is 573 g/mol. The monoisotopic (exact) mass is 572 g/mol. The van der Waals surface area contributed by atoms with Crippen LogP contribution in [0.1, 0.15) is 45.9 Å². The van der Waals surface area contributed by atoms with Gasteiger partial charge in [0.05, 0.1) is 18.6 Å². The molecule has 2 heterocycles. The lowest BCUT2D eigenvalue weighted by Gasteiger charge is -2.26. The third kappa shape index (κ3) is 7.29. The van der Waals surface area contributed by atoms with E-state index in [2.05, 4.69) is 25.3 Å². The number of fused-ring (bicyclic) bond motifs is 1. The van der Waals surface area contributed by atoms with E-state index in [0.717, 1.165) is 27.1 Å². The van der Waals surface area contributed by atoms with Crippen LogP contribution in [-0.2, 0) is 27.3 Å². The zero-order chi connectivity index (χ0) is 28.4. The van der Waals surface area contributed by atoms with Crippen LogP contribution < -0.4 is 4.74 Å². The van der Waals surface area contributed by atoms with Crippen LogP contribution in [0, 0.1) is 5.41 Å². The number of carboxylic acid groups (broad SMARTS) is 1. The van der Waals surface area contributed by atoms with Gasteiger partial charge in [-0.05, 0) is 49.7 Å². The highest BCUT2D eigenvalue weighted by atomic mass is 35.5. The Morgan fingerprint density at radius 3 is 2.33 bits per heavy atom. The third-order valence-electron chi connectivity index (χ3n) is 6.67. The molecule has 1 aliphatic rings. The summed E-state index contributed by atoms with van der Waals surface area (Å²) < 4.78 is 13.4. The molecule has 1 amide bonds. The Balaban J connectivity index is 1.78. The maximum Gasteiger partial charge on any atom is 0.309 e. The number of carbonyl (C=O) groups is 2. The van der Waals surface area contributed by atoms with Gasteiger partial charge in [0.2, 0.25) is 0 Å². The molecule has 0 atom stereocenters. The second-order valence-corrected chi connectivity index (χ2v) is 13.8. The zero-order valence-electron chi connectivity index (χ0n) is 23.3. The number of thioether (sulfide) groups is 1. The van der Waals surface area contributed by atoms with Gasteiger partial charge in [-0.15, -0.1) is 11.8 Å². The fourth-order valence-corrected chi connectivity index (χ4v) is 5.85. The van der Waals surface area contributed by atoms with Crippen molar-refractivity contribution in [1.29, 1.82) is 0 Å². The Bertz CT molecular complexity index is 1340. The van der Waals surface area contributed by atoms with Crippen LogP contribution in [0.15, 0.2) is 47.4 Å². The molecule has 4 rings (SSSR count). The molecule has 1 saturated heterocycles. The first-order valence-corrected chi connectivity index (χ1v) is 14.3. The highest BCUT2D eigenvalue weighted by molar-refractivity contribution is 8.00. The fourth-order valence-electron chi connectivity index (χ4n) is 4.54. The molecule has 2 aromatic carbocycles. The summed E-state index contributed by atoms with van der Waals surface area (Å²) >= 11 is 7.86.